The van der Waals surface area contributed by atoms with Gasteiger partial charge in [0.2, 0.25) is 0 Å². The van der Waals surface area contributed by atoms with Crippen molar-refractivity contribution in [2.24, 2.45) is 7.05 Å². The molecule has 0 saturated heterocycles. The lowest BCUT2D eigenvalue weighted by atomic mass is 10.1. The molecule has 17 heavy (non-hydrogen) atoms. The van der Waals surface area contributed by atoms with E-state index in [9.17, 15) is 23.3 Å². The standard InChI is InChI=1S/C10H7F3N2O2/c1-14-3-2-6-4-7(15(16)17)5-8(9(6)14)10(11,12)13/h2-5H,1H3. The lowest BCUT2D eigenvalue weighted by Gasteiger charge is -2.09. The number of benzene rings is 1. The summed E-state index contributed by atoms with van der Waals surface area (Å²) in [6, 6.07) is 3.10. The van der Waals surface area contributed by atoms with Gasteiger partial charge in [0, 0.05) is 30.8 Å². The van der Waals surface area contributed by atoms with Crippen LogP contribution in [-0.4, -0.2) is 9.49 Å². The first kappa shape index (κ1) is 11.4. The van der Waals surface area contributed by atoms with Gasteiger partial charge in [-0.1, -0.05) is 0 Å². The van der Waals surface area contributed by atoms with E-state index in [0.717, 1.165) is 6.07 Å². The minimum Gasteiger partial charge on any atom is -0.350 e. The molecule has 2 aromatic rings. The van der Waals surface area contributed by atoms with Crippen molar-refractivity contribution < 1.29 is 18.1 Å². The molecule has 0 atom stereocenters. The van der Waals surface area contributed by atoms with E-state index in [2.05, 4.69) is 0 Å². The van der Waals surface area contributed by atoms with Gasteiger partial charge in [0.05, 0.1) is 16.0 Å². The zero-order valence-corrected chi connectivity index (χ0v) is 8.65. The summed E-state index contributed by atoms with van der Waals surface area (Å²) in [5, 5.41) is 10.8. The Hall–Kier alpha value is -2.05. The van der Waals surface area contributed by atoms with Crippen molar-refractivity contribution in [3.05, 3.63) is 40.1 Å². The number of fused-ring (bicyclic) bond motifs is 1. The smallest absolute Gasteiger partial charge is 0.350 e. The molecule has 1 aromatic heterocycles. The summed E-state index contributed by atoms with van der Waals surface area (Å²) < 4.78 is 39.6. The fourth-order valence-corrected chi connectivity index (χ4v) is 1.75. The fraction of sp³-hybridized carbons (Fsp3) is 0.200. The molecule has 4 nitrogen and oxygen atoms in total. The maximum Gasteiger partial charge on any atom is 0.418 e. The lowest BCUT2D eigenvalue weighted by Crippen LogP contribution is -2.08. The second-order valence-corrected chi connectivity index (χ2v) is 3.61. The van der Waals surface area contributed by atoms with Gasteiger partial charge < -0.3 is 4.57 Å². The summed E-state index contributed by atoms with van der Waals surface area (Å²) in [6.07, 6.45) is -3.18. The second-order valence-electron chi connectivity index (χ2n) is 3.61. The molecule has 0 radical (unpaired) electrons. The van der Waals surface area contributed by atoms with Crippen LogP contribution in [0.2, 0.25) is 0 Å². The van der Waals surface area contributed by atoms with Gasteiger partial charge in [0.25, 0.3) is 5.69 Å². The number of aryl methyl sites for hydroxylation is 1. The van der Waals surface area contributed by atoms with Crippen LogP contribution in [0.25, 0.3) is 10.9 Å². The molecule has 0 aliphatic heterocycles. The summed E-state index contributed by atoms with van der Waals surface area (Å²) in [4.78, 5) is 9.73. The Morgan fingerprint density at radius 3 is 2.53 bits per heavy atom. The molecule has 90 valence electrons. The van der Waals surface area contributed by atoms with E-state index in [-0.39, 0.29) is 10.9 Å². The van der Waals surface area contributed by atoms with Crippen LogP contribution in [0.5, 0.6) is 0 Å². The van der Waals surface area contributed by atoms with Crippen molar-refractivity contribution in [3.8, 4) is 0 Å². The van der Waals surface area contributed by atoms with Gasteiger partial charge in [-0.2, -0.15) is 13.2 Å². The number of nitrogens with zero attached hydrogens (tertiary/aromatic N) is 2. The van der Waals surface area contributed by atoms with E-state index in [4.69, 9.17) is 0 Å². The van der Waals surface area contributed by atoms with E-state index in [1.165, 1.54) is 23.9 Å². The Balaban J connectivity index is 2.86. The average Bonchev–Trinajstić information content (AvgIpc) is 2.58. The first-order chi connectivity index (χ1) is 7.80. The molecule has 1 heterocycles. The van der Waals surface area contributed by atoms with E-state index >= 15 is 0 Å². The van der Waals surface area contributed by atoms with E-state index in [1.54, 1.807) is 0 Å². The third-order valence-corrected chi connectivity index (χ3v) is 2.47. The SMILES string of the molecule is Cn1ccc2cc([N+](=O)[O-])cc(C(F)(F)F)c21. The highest BCUT2D eigenvalue weighted by Crippen LogP contribution is 2.37. The molecule has 0 amide bonds. The first-order valence-electron chi connectivity index (χ1n) is 4.61. The number of rotatable bonds is 1. The van der Waals surface area contributed by atoms with Crippen molar-refractivity contribution in [2.75, 3.05) is 0 Å². The minimum absolute atomic E-state index is 0.0527. The predicted octanol–water partition coefficient (Wildman–Crippen LogP) is 3.11. The summed E-state index contributed by atoms with van der Waals surface area (Å²) in [5.41, 5.74) is -1.60. The molecule has 0 N–H and O–H groups in total. The van der Waals surface area contributed by atoms with E-state index in [1.807, 2.05) is 0 Å². The molecule has 1 aromatic carbocycles. The van der Waals surface area contributed by atoms with Crippen LogP contribution < -0.4 is 0 Å². The van der Waals surface area contributed by atoms with Crippen molar-refractivity contribution >= 4 is 16.6 Å². The minimum atomic E-state index is -4.61. The predicted molar refractivity (Wildman–Crippen MR) is 54.6 cm³/mol. The van der Waals surface area contributed by atoms with Gasteiger partial charge in [-0.15, -0.1) is 0 Å². The second kappa shape index (κ2) is 3.47. The maximum atomic E-state index is 12.8. The van der Waals surface area contributed by atoms with Gasteiger partial charge in [-0.25, -0.2) is 0 Å². The van der Waals surface area contributed by atoms with E-state index in [0.29, 0.717) is 6.07 Å². The van der Waals surface area contributed by atoms with Crippen LogP contribution in [0.4, 0.5) is 18.9 Å². The van der Waals surface area contributed by atoms with Crippen LogP contribution in [0.15, 0.2) is 24.4 Å². The fourth-order valence-electron chi connectivity index (χ4n) is 1.75. The van der Waals surface area contributed by atoms with Crippen molar-refractivity contribution in [1.82, 2.24) is 4.57 Å². The first-order valence-corrected chi connectivity index (χ1v) is 4.61. The number of hydrogen-bond acceptors (Lipinski definition) is 2. The van der Waals surface area contributed by atoms with Crippen molar-refractivity contribution in [2.45, 2.75) is 6.18 Å². The Morgan fingerprint density at radius 2 is 2.00 bits per heavy atom. The largest absolute Gasteiger partial charge is 0.418 e. The van der Waals surface area contributed by atoms with Crippen molar-refractivity contribution in [1.29, 1.82) is 0 Å². The molecular weight excluding hydrogens is 237 g/mol. The molecular formula is C10H7F3N2O2. The van der Waals surface area contributed by atoms with Crippen LogP contribution in [0.1, 0.15) is 5.56 Å². The zero-order valence-electron chi connectivity index (χ0n) is 8.65. The topological polar surface area (TPSA) is 48.1 Å². The third-order valence-electron chi connectivity index (χ3n) is 2.47. The molecule has 2 rings (SSSR count). The van der Waals surface area contributed by atoms with Gasteiger partial charge >= 0.3 is 6.18 Å². The van der Waals surface area contributed by atoms with Crippen LogP contribution in [-0.2, 0) is 13.2 Å². The van der Waals surface area contributed by atoms with Crippen LogP contribution >= 0.6 is 0 Å². The number of aromatic nitrogens is 1. The molecule has 0 bridgehead atoms. The zero-order chi connectivity index (χ0) is 12.8. The molecule has 0 fully saturated rings. The Labute approximate surface area is 93.4 Å². The number of hydrogen-bond donors (Lipinski definition) is 0. The highest BCUT2D eigenvalue weighted by molar-refractivity contribution is 5.86. The summed E-state index contributed by atoms with van der Waals surface area (Å²) >= 11 is 0. The molecule has 0 aliphatic rings. The average molecular weight is 244 g/mol. The van der Waals surface area contributed by atoms with Gasteiger partial charge in [-0.3, -0.25) is 10.1 Å². The Bertz CT molecular complexity index is 601. The van der Waals surface area contributed by atoms with Crippen LogP contribution in [0.3, 0.4) is 0 Å². The van der Waals surface area contributed by atoms with Gasteiger partial charge in [0.15, 0.2) is 0 Å². The summed E-state index contributed by atoms with van der Waals surface area (Å²) in [6.45, 7) is 0. The Morgan fingerprint density at radius 1 is 1.35 bits per heavy atom. The maximum absolute atomic E-state index is 12.8. The summed E-state index contributed by atoms with van der Waals surface area (Å²) in [7, 11) is 1.46. The number of alkyl halides is 3. The number of halogens is 3. The van der Waals surface area contributed by atoms with Crippen molar-refractivity contribution in [3.63, 3.8) is 0 Å². The third kappa shape index (κ3) is 1.83. The van der Waals surface area contributed by atoms with E-state index < -0.39 is 22.4 Å². The lowest BCUT2D eigenvalue weighted by molar-refractivity contribution is -0.385. The normalized spacial score (nSPS) is 12.0. The molecule has 0 spiro atoms. The molecule has 7 heteroatoms. The van der Waals surface area contributed by atoms with Gasteiger partial charge in [0.1, 0.15) is 0 Å². The summed E-state index contributed by atoms with van der Waals surface area (Å²) in [5.74, 6) is 0. The quantitative estimate of drug-likeness (QED) is 0.571. The van der Waals surface area contributed by atoms with Crippen LogP contribution in [0, 0.1) is 10.1 Å². The van der Waals surface area contributed by atoms with Gasteiger partial charge in [-0.05, 0) is 6.07 Å². The molecule has 0 aliphatic carbocycles. The highest BCUT2D eigenvalue weighted by atomic mass is 19.4. The molecule has 0 saturated carbocycles. The monoisotopic (exact) mass is 244 g/mol. The number of non-ortho nitro benzene ring substituents is 1. The number of nitro benzene ring substituents is 1. The highest BCUT2D eigenvalue weighted by Gasteiger charge is 2.35. The Kier molecular flexibility index (Phi) is 2.34. The molecule has 0 unspecified atom stereocenters. The number of nitro groups is 1.